The quantitative estimate of drug-likeness (QED) is 0.662. The number of hydrogen-bond donors (Lipinski definition) is 0. The maximum absolute atomic E-state index is 13.0. The second-order valence-corrected chi connectivity index (χ2v) is 7.61. The third-order valence-corrected chi connectivity index (χ3v) is 5.60. The number of ether oxygens (including phenoxy) is 2. The maximum Gasteiger partial charge on any atom is 0.257 e. The summed E-state index contributed by atoms with van der Waals surface area (Å²) in [6.45, 7) is 8.76. The van der Waals surface area contributed by atoms with E-state index >= 15 is 0 Å². The molecule has 3 rings (SSSR count). The van der Waals surface area contributed by atoms with Gasteiger partial charge >= 0.3 is 0 Å². The number of rotatable bonds is 7. The number of methoxy groups -OCH3 is 1. The van der Waals surface area contributed by atoms with Crippen molar-refractivity contribution in [3.63, 3.8) is 0 Å². The zero-order chi connectivity index (χ0) is 21.0. The lowest BCUT2D eigenvalue weighted by Crippen LogP contribution is -2.38. The van der Waals surface area contributed by atoms with E-state index in [1.54, 1.807) is 11.8 Å². The molecule has 8 heteroatoms. The number of likely N-dealkylation sites (tertiary alicyclic amines) is 1. The van der Waals surface area contributed by atoms with Gasteiger partial charge in [-0.1, -0.05) is 0 Å². The molecule has 8 nitrogen and oxygen atoms in total. The van der Waals surface area contributed by atoms with E-state index in [9.17, 15) is 4.79 Å². The van der Waals surface area contributed by atoms with Crippen LogP contribution in [-0.4, -0.2) is 64.0 Å². The highest BCUT2D eigenvalue weighted by molar-refractivity contribution is 5.96. The van der Waals surface area contributed by atoms with Crippen LogP contribution < -0.4 is 0 Å². The summed E-state index contributed by atoms with van der Waals surface area (Å²) >= 11 is 0. The molecule has 1 fully saturated rings. The molecule has 0 unspecified atom stereocenters. The van der Waals surface area contributed by atoms with Crippen LogP contribution in [-0.2, 0) is 23.1 Å². The van der Waals surface area contributed by atoms with E-state index < -0.39 is 0 Å². The molecule has 0 atom stereocenters. The van der Waals surface area contributed by atoms with Crippen LogP contribution in [0.4, 0.5) is 0 Å². The molecule has 1 saturated heterocycles. The fourth-order valence-electron chi connectivity index (χ4n) is 3.90. The van der Waals surface area contributed by atoms with E-state index in [0.717, 1.165) is 46.9 Å². The van der Waals surface area contributed by atoms with Crippen LogP contribution in [0.2, 0.25) is 0 Å². The molecule has 0 saturated carbocycles. The Bertz CT molecular complexity index is 856. The van der Waals surface area contributed by atoms with Gasteiger partial charge in [0.2, 0.25) is 0 Å². The Balaban J connectivity index is 1.67. The summed E-state index contributed by atoms with van der Waals surface area (Å²) in [4.78, 5) is 24.0. The van der Waals surface area contributed by atoms with E-state index in [2.05, 4.69) is 10.1 Å². The van der Waals surface area contributed by atoms with Crippen molar-refractivity contribution in [2.75, 3.05) is 33.4 Å². The Morgan fingerprint density at radius 1 is 1.21 bits per heavy atom. The highest BCUT2D eigenvalue weighted by Gasteiger charge is 2.29. The second-order valence-electron chi connectivity index (χ2n) is 7.61. The summed E-state index contributed by atoms with van der Waals surface area (Å²) in [6, 6.07) is 0. The predicted molar refractivity (Wildman–Crippen MR) is 109 cm³/mol. The minimum Gasteiger partial charge on any atom is -0.382 e. The van der Waals surface area contributed by atoms with Crippen molar-refractivity contribution in [2.24, 2.45) is 7.05 Å². The van der Waals surface area contributed by atoms with Crippen molar-refractivity contribution in [2.45, 2.75) is 46.1 Å². The first-order valence-corrected chi connectivity index (χ1v) is 10.1. The number of piperidine rings is 1. The minimum atomic E-state index is 0.0774. The Labute approximate surface area is 172 Å². The monoisotopic (exact) mass is 401 g/mol. The molecule has 2 aromatic rings. The third kappa shape index (κ3) is 4.82. The molecule has 158 valence electrons. The predicted octanol–water partition coefficient (Wildman–Crippen LogP) is 2.32. The Kier molecular flexibility index (Phi) is 6.97. The lowest BCUT2D eigenvalue weighted by Gasteiger charge is -2.32. The first-order valence-electron chi connectivity index (χ1n) is 10.1. The molecule has 29 heavy (non-hydrogen) atoms. The zero-order valence-corrected chi connectivity index (χ0v) is 18.1. The van der Waals surface area contributed by atoms with Crippen LogP contribution >= 0.6 is 0 Å². The Hall–Kier alpha value is -2.32. The number of carbonyl (C=O) groups excluding carboxylic acids is 1. The fourth-order valence-corrected chi connectivity index (χ4v) is 3.90. The van der Waals surface area contributed by atoms with Gasteiger partial charge in [0.25, 0.3) is 5.91 Å². The van der Waals surface area contributed by atoms with Crippen LogP contribution in [0.3, 0.4) is 0 Å². The summed E-state index contributed by atoms with van der Waals surface area (Å²) in [5, 5.41) is 4.38. The number of hydrogen-bond acceptors (Lipinski definition) is 6. The summed E-state index contributed by atoms with van der Waals surface area (Å²) in [5.41, 5.74) is 4.51. The SMILES string of the molecule is COCCOCc1cnc(C)nc1C1CCN(C(=O)c2c(C)nn(C)c2C)CC1. The minimum absolute atomic E-state index is 0.0774. The van der Waals surface area contributed by atoms with E-state index in [1.165, 1.54) is 0 Å². The molecule has 0 bridgehead atoms. The summed E-state index contributed by atoms with van der Waals surface area (Å²) in [5.74, 6) is 1.15. The standard InChI is InChI=1S/C21H31N5O3/c1-14-19(15(2)25(4)24-14)21(27)26-8-6-17(7-9-26)20-18(12-22-16(3)23-20)13-29-11-10-28-5/h12,17H,6-11,13H2,1-5H3. The van der Waals surface area contributed by atoms with E-state index in [-0.39, 0.29) is 5.91 Å². The summed E-state index contributed by atoms with van der Waals surface area (Å²) in [6.07, 6.45) is 3.63. The smallest absolute Gasteiger partial charge is 0.257 e. The fraction of sp³-hybridized carbons (Fsp3) is 0.619. The van der Waals surface area contributed by atoms with Gasteiger partial charge in [-0.25, -0.2) is 9.97 Å². The van der Waals surface area contributed by atoms with Gasteiger partial charge in [0.1, 0.15) is 5.82 Å². The van der Waals surface area contributed by atoms with E-state index in [0.29, 0.717) is 38.8 Å². The van der Waals surface area contributed by atoms with Crippen molar-refractivity contribution in [3.05, 3.63) is 40.2 Å². The summed E-state index contributed by atoms with van der Waals surface area (Å²) in [7, 11) is 3.53. The van der Waals surface area contributed by atoms with Crippen LogP contribution in [0.15, 0.2) is 6.20 Å². The topological polar surface area (TPSA) is 82.4 Å². The van der Waals surface area contributed by atoms with Crippen LogP contribution in [0, 0.1) is 20.8 Å². The molecule has 1 aliphatic heterocycles. The van der Waals surface area contributed by atoms with Gasteiger partial charge in [-0.3, -0.25) is 9.48 Å². The van der Waals surface area contributed by atoms with Gasteiger partial charge in [0.15, 0.2) is 0 Å². The first kappa shape index (κ1) is 21.4. The average Bonchev–Trinajstić information content (AvgIpc) is 2.97. The van der Waals surface area contributed by atoms with Crippen molar-refractivity contribution in [1.29, 1.82) is 0 Å². The number of aryl methyl sites for hydroxylation is 3. The molecule has 1 amide bonds. The van der Waals surface area contributed by atoms with Crippen molar-refractivity contribution >= 4 is 5.91 Å². The Morgan fingerprint density at radius 3 is 2.55 bits per heavy atom. The van der Waals surface area contributed by atoms with Crippen molar-refractivity contribution in [1.82, 2.24) is 24.6 Å². The number of amides is 1. The van der Waals surface area contributed by atoms with Gasteiger partial charge in [-0.15, -0.1) is 0 Å². The molecule has 0 aromatic carbocycles. The number of carbonyl (C=O) groups is 1. The molecule has 2 aromatic heterocycles. The van der Waals surface area contributed by atoms with Gasteiger partial charge < -0.3 is 14.4 Å². The van der Waals surface area contributed by atoms with Gasteiger partial charge in [0, 0.05) is 50.6 Å². The number of nitrogens with zero attached hydrogens (tertiary/aromatic N) is 5. The molecule has 3 heterocycles. The normalized spacial score (nSPS) is 15.1. The molecule has 1 aliphatic rings. The first-order chi connectivity index (χ1) is 13.9. The van der Waals surface area contributed by atoms with E-state index in [4.69, 9.17) is 14.5 Å². The second kappa shape index (κ2) is 9.45. The molecule has 0 aliphatic carbocycles. The van der Waals surface area contributed by atoms with Gasteiger partial charge in [-0.05, 0) is 33.6 Å². The zero-order valence-electron chi connectivity index (χ0n) is 18.1. The van der Waals surface area contributed by atoms with Crippen molar-refractivity contribution < 1.29 is 14.3 Å². The van der Waals surface area contributed by atoms with Crippen LogP contribution in [0.5, 0.6) is 0 Å². The average molecular weight is 402 g/mol. The molecule has 0 N–H and O–H groups in total. The van der Waals surface area contributed by atoms with Gasteiger partial charge in [0.05, 0.1) is 36.8 Å². The van der Waals surface area contributed by atoms with Crippen molar-refractivity contribution in [3.8, 4) is 0 Å². The highest BCUT2D eigenvalue weighted by Crippen LogP contribution is 2.30. The number of aromatic nitrogens is 4. The van der Waals surface area contributed by atoms with Gasteiger partial charge in [-0.2, -0.15) is 5.10 Å². The summed E-state index contributed by atoms with van der Waals surface area (Å²) < 4.78 is 12.5. The lowest BCUT2D eigenvalue weighted by atomic mass is 9.90. The van der Waals surface area contributed by atoms with E-state index in [1.807, 2.05) is 38.9 Å². The molecule has 0 spiro atoms. The molecular weight excluding hydrogens is 370 g/mol. The third-order valence-electron chi connectivity index (χ3n) is 5.60. The lowest BCUT2D eigenvalue weighted by molar-refractivity contribution is 0.0604. The van der Waals surface area contributed by atoms with Crippen LogP contribution in [0.25, 0.3) is 0 Å². The highest BCUT2D eigenvalue weighted by atomic mass is 16.5. The maximum atomic E-state index is 13.0. The molecular formula is C21H31N5O3. The Morgan fingerprint density at radius 2 is 1.93 bits per heavy atom. The van der Waals surface area contributed by atoms with Crippen LogP contribution in [0.1, 0.15) is 57.6 Å². The largest absolute Gasteiger partial charge is 0.382 e. The molecule has 0 radical (unpaired) electrons.